The molecule has 5 nitrogen and oxygen atoms in total. The second-order valence-corrected chi connectivity index (χ2v) is 6.96. The first-order valence-corrected chi connectivity index (χ1v) is 8.57. The van der Waals surface area contributed by atoms with E-state index in [4.69, 9.17) is 5.26 Å². The summed E-state index contributed by atoms with van der Waals surface area (Å²) in [5.41, 5.74) is -0.737. The molecule has 0 amide bonds. The van der Waals surface area contributed by atoms with Crippen LogP contribution in [0.2, 0.25) is 0 Å². The minimum absolute atomic E-state index is 0.0200. The maximum atomic E-state index is 12.2. The van der Waals surface area contributed by atoms with Gasteiger partial charge in [0.15, 0.2) is 0 Å². The topological polar surface area (TPSA) is 90.2 Å². The zero-order valence-electron chi connectivity index (χ0n) is 12.5. The maximum absolute atomic E-state index is 12.2. The molecule has 1 rings (SSSR count). The van der Waals surface area contributed by atoms with E-state index in [1.807, 2.05) is 19.9 Å². The first-order chi connectivity index (χ1) is 9.87. The van der Waals surface area contributed by atoms with Crippen molar-refractivity contribution in [1.82, 2.24) is 4.72 Å². The van der Waals surface area contributed by atoms with Crippen LogP contribution in [0.3, 0.4) is 0 Å². The molecule has 0 aliphatic carbocycles. The first kappa shape index (κ1) is 17.6. The molecule has 0 radical (unpaired) electrons. The van der Waals surface area contributed by atoms with Gasteiger partial charge < -0.3 is 5.11 Å². The Labute approximate surface area is 126 Å². The number of nitriles is 1. The number of sulfonamides is 1. The molecule has 0 atom stereocenters. The van der Waals surface area contributed by atoms with E-state index < -0.39 is 15.6 Å². The molecule has 1 aromatic rings. The number of hydrogen-bond donors (Lipinski definition) is 2. The summed E-state index contributed by atoms with van der Waals surface area (Å²) in [7, 11) is -3.72. The Balaban J connectivity index is 2.87. The van der Waals surface area contributed by atoms with Crippen LogP contribution in [0.4, 0.5) is 0 Å². The minimum atomic E-state index is -3.72. The molecular weight excluding hydrogens is 288 g/mol. The second kappa shape index (κ2) is 7.55. The van der Waals surface area contributed by atoms with E-state index in [0.29, 0.717) is 12.8 Å². The molecule has 0 unspecified atom stereocenters. The van der Waals surface area contributed by atoms with Crippen LogP contribution >= 0.6 is 0 Å². The number of nitrogens with one attached hydrogen (secondary N) is 1. The van der Waals surface area contributed by atoms with Gasteiger partial charge in [-0.1, -0.05) is 32.8 Å². The van der Waals surface area contributed by atoms with Crippen molar-refractivity contribution in [2.24, 2.45) is 0 Å². The van der Waals surface area contributed by atoms with Gasteiger partial charge in [-0.25, -0.2) is 13.1 Å². The monoisotopic (exact) mass is 310 g/mol. The molecule has 0 aliphatic rings. The summed E-state index contributed by atoms with van der Waals surface area (Å²) < 4.78 is 26.9. The van der Waals surface area contributed by atoms with Crippen LogP contribution in [0, 0.1) is 11.3 Å². The number of rotatable bonds is 8. The summed E-state index contributed by atoms with van der Waals surface area (Å²) in [5.74, 6) is 0. The minimum Gasteiger partial charge on any atom is -0.389 e. The van der Waals surface area contributed by atoms with Crippen molar-refractivity contribution in [3.05, 3.63) is 29.8 Å². The normalized spacial score (nSPS) is 12.1. The molecule has 1 aromatic carbocycles. The molecule has 0 aliphatic heterocycles. The fourth-order valence-electron chi connectivity index (χ4n) is 2.28. The highest BCUT2D eigenvalue weighted by Gasteiger charge is 2.27. The maximum Gasteiger partial charge on any atom is 0.240 e. The third kappa shape index (κ3) is 5.12. The predicted octanol–water partition coefficient (Wildman–Crippen LogP) is 2.17. The van der Waals surface area contributed by atoms with Crippen LogP contribution in [0.15, 0.2) is 29.2 Å². The lowest BCUT2D eigenvalue weighted by Gasteiger charge is -2.27. The van der Waals surface area contributed by atoms with Gasteiger partial charge in [-0.05, 0) is 31.0 Å². The molecule has 0 spiro atoms. The van der Waals surface area contributed by atoms with E-state index in [1.165, 1.54) is 18.2 Å². The third-order valence-corrected chi connectivity index (χ3v) is 4.69. The van der Waals surface area contributed by atoms with Gasteiger partial charge in [-0.15, -0.1) is 0 Å². The SMILES string of the molecule is CCCC(O)(CCC)CNS(=O)(=O)c1cccc(C#N)c1. The van der Waals surface area contributed by atoms with Crippen LogP contribution < -0.4 is 4.72 Å². The highest BCUT2D eigenvalue weighted by atomic mass is 32.2. The van der Waals surface area contributed by atoms with Crippen molar-refractivity contribution in [2.45, 2.75) is 50.0 Å². The Morgan fingerprint density at radius 2 is 1.90 bits per heavy atom. The van der Waals surface area contributed by atoms with Crippen molar-refractivity contribution in [3.8, 4) is 6.07 Å². The van der Waals surface area contributed by atoms with Crippen LogP contribution in [0.1, 0.15) is 45.1 Å². The van der Waals surface area contributed by atoms with E-state index in [1.54, 1.807) is 6.07 Å². The van der Waals surface area contributed by atoms with Crippen molar-refractivity contribution in [3.63, 3.8) is 0 Å². The lowest BCUT2D eigenvalue weighted by Crippen LogP contribution is -2.42. The van der Waals surface area contributed by atoms with Gasteiger partial charge in [0.1, 0.15) is 0 Å². The van der Waals surface area contributed by atoms with Crippen LogP contribution in [0.25, 0.3) is 0 Å². The highest BCUT2D eigenvalue weighted by molar-refractivity contribution is 7.89. The van der Waals surface area contributed by atoms with Gasteiger partial charge in [-0.3, -0.25) is 0 Å². The van der Waals surface area contributed by atoms with Gasteiger partial charge >= 0.3 is 0 Å². The molecule has 0 aromatic heterocycles. The van der Waals surface area contributed by atoms with Crippen LogP contribution in [0.5, 0.6) is 0 Å². The highest BCUT2D eigenvalue weighted by Crippen LogP contribution is 2.20. The molecule has 0 heterocycles. The van der Waals surface area contributed by atoms with E-state index in [0.717, 1.165) is 12.8 Å². The number of nitrogens with zero attached hydrogens (tertiary/aromatic N) is 1. The van der Waals surface area contributed by atoms with Gasteiger partial charge in [0, 0.05) is 6.54 Å². The fourth-order valence-corrected chi connectivity index (χ4v) is 3.44. The summed E-state index contributed by atoms with van der Waals surface area (Å²) in [4.78, 5) is 0.0388. The Hall–Kier alpha value is -1.42. The van der Waals surface area contributed by atoms with E-state index in [-0.39, 0.29) is 17.0 Å². The Morgan fingerprint density at radius 3 is 2.43 bits per heavy atom. The van der Waals surface area contributed by atoms with E-state index in [2.05, 4.69) is 4.72 Å². The largest absolute Gasteiger partial charge is 0.389 e. The predicted molar refractivity (Wildman–Crippen MR) is 81.1 cm³/mol. The molecule has 0 fully saturated rings. The first-order valence-electron chi connectivity index (χ1n) is 7.09. The summed E-state index contributed by atoms with van der Waals surface area (Å²) in [6.07, 6.45) is 2.65. The van der Waals surface area contributed by atoms with Crippen molar-refractivity contribution in [1.29, 1.82) is 5.26 Å². The number of hydrogen-bond acceptors (Lipinski definition) is 4. The fraction of sp³-hybridized carbons (Fsp3) is 0.533. The summed E-state index contributed by atoms with van der Waals surface area (Å²) in [5, 5.41) is 19.3. The van der Waals surface area contributed by atoms with E-state index in [9.17, 15) is 13.5 Å². The average molecular weight is 310 g/mol. The zero-order valence-corrected chi connectivity index (χ0v) is 13.3. The second-order valence-electron chi connectivity index (χ2n) is 5.19. The molecule has 6 heteroatoms. The van der Waals surface area contributed by atoms with Crippen molar-refractivity contribution >= 4 is 10.0 Å². The quantitative estimate of drug-likeness (QED) is 0.770. The third-order valence-electron chi connectivity index (χ3n) is 3.30. The zero-order chi connectivity index (χ0) is 15.9. The molecule has 116 valence electrons. The standard InChI is InChI=1S/C15H22N2O3S/c1-3-8-15(18,9-4-2)12-17-21(19,20)14-7-5-6-13(10-14)11-16/h5-7,10,17-18H,3-4,8-9,12H2,1-2H3. The van der Waals surface area contributed by atoms with Gasteiger partial charge in [-0.2, -0.15) is 5.26 Å². The number of benzene rings is 1. The van der Waals surface area contributed by atoms with Crippen LogP contribution in [-0.2, 0) is 10.0 Å². The molecule has 0 bridgehead atoms. The van der Waals surface area contributed by atoms with Gasteiger partial charge in [0.05, 0.1) is 22.1 Å². The molecule has 0 saturated carbocycles. The molecule has 21 heavy (non-hydrogen) atoms. The van der Waals surface area contributed by atoms with Gasteiger partial charge in [0.25, 0.3) is 0 Å². The number of aliphatic hydroxyl groups is 1. The van der Waals surface area contributed by atoms with Gasteiger partial charge in [0.2, 0.25) is 10.0 Å². The average Bonchev–Trinajstić information content (AvgIpc) is 2.46. The Bertz CT molecular complexity index is 600. The lowest BCUT2D eigenvalue weighted by molar-refractivity contribution is 0.0266. The van der Waals surface area contributed by atoms with E-state index >= 15 is 0 Å². The summed E-state index contributed by atoms with van der Waals surface area (Å²) in [6.45, 7) is 3.88. The smallest absolute Gasteiger partial charge is 0.240 e. The molecular formula is C15H22N2O3S. The Morgan fingerprint density at radius 1 is 1.29 bits per heavy atom. The molecule has 0 saturated heterocycles. The Kier molecular flexibility index (Phi) is 6.34. The summed E-state index contributed by atoms with van der Waals surface area (Å²) in [6, 6.07) is 7.73. The summed E-state index contributed by atoms with van der Waals surface area (Å²) >= 11 is 0. The lowest BCUT2D eigenvalue weighted by atomic mass is 9.93. The van der Waals surface area contributed by atoms with Crippen molar-refractivity contribution in [2.75, 3.05) is 6.54 Å². The molecule has 2 N–H and O–H groups in total. The van der Waals surface area contributed by atoms with Crippen LogP contribution in [-0.4, -0.2) is 25.7 Å². The van der Waals surface area contributed by atoms with Crippen molar-refractivity contribution < 1.29 is 13.5 Å².